The molecule has 192 valence electrons. The molecule has 1 aliphatic rings. The van der Waals surface area contributed by atoms with Gasteiger partial charge in [0.2, 0.25) is 11.9 Å². The maximum absolute atomic E-state index is 14.9. The van der Waals surface area contributed by atoms with Crippen molar-refractivity contribution >= 4 is 23.0 Å². The predicted molar refractivity (Wildman–Crippen MR) is 146 cm³/mol. The van der Waals surface area contributed by atoms with Crippen molar-refractivity contribution < 1.29 is 13.6 Å². The Morgan fingerprint density at radius 2 is 1.15 bits per heavy atom. The molecule has 0 saturated heterocycles. The zero-order chi connectivity index (χ0) is 26.8. The number of pyridine rings is 2. The first-order valence-electron chi connectivity index (χ1n) is 12.6. The summed E-state index contributed by atoms with van der Waals surface area (Å²) in [6.45, 7) is 0. The number of para-hydroxylation sites is 3. The Morgan fingerprint density at radius 1 is 0.667 bits per heavy atom. The molecule has 0 spiro atoms. The van der Waals surface area contributed by atoms with Crippen LogP contribution in [0.1, 0.15) is 16.7 Å². The molecule has 0 fully saturated rings. The largest absolute Gasteiger partial charge is 0.272 e. The number of hydrogen-bond donors (Lipinski definition) is 0. The number of nitrogens with zero attached hydrogens (tertiary/aromatic N) is 4. The van der Waals surface area contributed by atoms with E-state index in [1.54, 1.807) is 17.1 Å². The summed E-state index contributed by atoms with van der Waals surface area (Å²) in [5, 5.41) is 3.58. The minimum atomic E-state index is -1.15. The number of fused-ring (bicyclic) bond motifs is 1. The van der Waals surface area contributed by atoms with E-state index in [4.69, 9.17) is 0 Å². The van der Waals surface area contributed by atoms with Gasteiger partial charge in [-0.2, -0.15) is 8.78 Å². The van der Waals surface area contributed by atoms with Gasteiger partial charge in [-0.1, -0.05) is 54.6 Å². The molecule has 39 heavy (non-hydrogen) atoms. The van der Waals surface area contributed by atoms with Crippen LogP contribution in [0.5, 0.6) is 0 Å². The molecule has 1 aliphatic heterocycles. The fourth-order valence-corrected chi connectivity index (χ4v) is 5.41. The van der Waals surface area contributed by atoms with Gasteiger partial charge in [0.1, 0.15) is 0 Å². The van der Waals surface area contributed by atoms with E-state index in [-0.39, 0.29) is 18.7 Å². The molecule has 5 nitrogen and oxygen atoms in total. The molecular weight excluding hydrogens is 494 g/mol. The standard InChI is InChI=1S/C32H24F2N4O/c33-29-19-23(15-17-35-29)21-32(22-24-16-18-36-30(34)20-24)27-13-7-8-14-28(27)38(31(32)39)37(25-9-3-1-4-10-25)26-11-5-2-6-12-26/h1-20H,21-22H2. The number of carbonyl (C=O) groups is 1. The number of amides is 1. The average Bonchev–Trinajstić information content (AvgIpc) is 3.18. The van der Waals surface area contributed by atoms with Crippen molar-refractivity contribution in [3.05, 3.63) is 150 Å². The molecule has 7 heteroatoms. The van der Waals surface area contributed by atoms with Crippen LogP contribution in [-0.4, -0.2) is 15.9 Å². The van der Waals surface area contributed by atoms with Crippen molar-refractivity contribution in [2.75, 3.05) is 10.0 Å². The van der Waals surface area contributed by atoms with Gasteiger partial charge < -0.3 is 0 Å². The lowest BCUT2D eigenvalue weighted by atomic mass is 9.72. The topological polar surface area (TPSA) is 49.3 Å². The summed E-state index contributed by atoms with van der Waals surface area (Å²) in [5.41, 5.74) is 3.17. The van der Waals surface area contributed by atoms with Crippen LogP contribution in [0.15, 0.2) is 122 Å². The molecule has 1 amide bonds. The lowest BCUT2D eigenvalue weighted by molar-refractivity contribution is -0.123. The van der Waals surface area contributed by atoms with Crippen LogP contribution in [0.4, 0.5) is 25.8 Å². The third-order valence-corrected chi connectivity index (χ3v) is 7.04. The number of benzene rings is 3. The van der Waals surface area contributed by atoms with Crippen molar-refractivity contribution in [1.29, 1.82) is 0 Å². The first-order chi connectivity index (χ1) is 19.0. The minimum absolute atomic E-state index is 0.195. The summed E-state index contributed by atoms with van der Waals surface area (Å²) < 4.78 is 28.4. The fraction of sp³-hybridized carbons (Fsp3) is 0.0938. The summed E-state index contributed by atoms with van der Waals surface area (Å²) >= 11 is 0. The molecular formula is C32H24F2N4O. The van der Waals surface area contributed by atoms with E-state index in [0.29, 0.717) is 16.8 Å². The van der Waals surface area contributed by atoms with E-state index in [1.807, 2.05) is 89.9 Å². The molecule has 0 unspecified atom stereocenters. The van der Waals surface area contributed by atoms with Crippen molar-refractivity contribution in [1.82, 2.24) is 9.97 Å². The average molecular weight is 519 g/mol. The molecule has 0 atom stereocenters. The second-order valence-corrected chi connectivity index (χ2v) is 9.53. The molecule has 2 aromatic heterocycles. The number of halogens is 2. The normalized spacial score (nSPS) is 13.8. The van der Waals surface area contributed by atoms with Crippen LogP contribution < -0.4 is 10.0 Å². The summed E-state index contributed by atoms with van der Waals surface area (Å²) in [7, 11) is 0. The van der Waals surface area contributed by atoms with E-state index < -0.39 is 17.3 Å². The highest BCUT2D eigenvalue weighted by Crippen LogP contribution is 2.48. The van der Waals surface area contributed by atoms with Gasteiger partial charge in [-0.25, -0.2) is 20.0 Å². The molecule has 5 aromatic rings. The van der Waals surface area contributed by atoms with Gasteiger partial charge in [-0.15, -0.1) is 0 Å². The van der Waals surface area contributed by atoms with Gasteiger partial charge in [0.25, 0.3) is 5.91 Å². The Bertz CT molecular complexity index is 1540. The second-order valence-electron chi connectivity index (χ2n) is 9.53. The highest BCUT2D eigenvalue weighted by atomic mass is 19.1. The van der Waals surface area contributed by atoms with Gasteiger partial charge in [-0.3, -0.25) is 4.79 Å². The maximum Gasteiger partial charge on any atom is 0.257 e. The fourth-order valence-electron chi connectivity index (χ4n) is 5.41. The van der Waals surface area contributed by atoms with Crippen molar-refractivity contribution in [3.63, 3.8) is 0 Å². The Labute approximate surface area is 225 Å². The molecule has 3 heterocycles. The summed E-state index contributed by atoms with van der Waals surface area (Å²) in [5.74, 6) is -1.45. The van der Waals surface area contributed by atoms with Gasteiger partial charge in [0.15, 0.2) is 0 Å². The van der Waals surface area contributed by atoms with Crippen LogP contribution in [0.25, 0.3) is 0 Å². The van der Waals surface area contributed by atoms with Crippen LogP contribution >= 0.6 is 0 Å². The predicted octanol–water partition coefficient (Wildman–Crippen LogP) is 6.58. The summed E-state index contributed by atoms with van der Waals surface area (Å²) in [4.78, 5) is 22.3. The summed E-state index contributed by atoms with van der Waals surface area (Å²) in [6, 6.07) is 33.0. The first kappa shape index (κ1) is 24.4. The number of rotatable bonds is 7. The zero-order valence-electron chi connectivity index (χ0n) is 20.9. The Balaban J connectivity index is 1.57. The quantitative estimate of drug-likeness (QED) is 0.229. The van der Waals surface area contributed by atoms with Gasteiger partial charge in [0.05, 0.1) is 22.5 Å². The van der Waals surface area contributed by atoms with Gasteiger partial charge >= 0.3 is 0 Å². The van der Waals surface area contributed by atoms with E-state index >= 15 is 0 Å². The van der Waals surface area contributed by atoms with Crippen molar-refractivity contribution in [2.45, 2.75) is 18.3 Å². The van der Waals surface area contributed by atoms with E-state index in [1.165, 1.54) is 24.5 Å². The van der Waals surface area contributed by atoms with Crippen molar-refractivity contribution in [3.8, 4) is 0 Å². The van der Waals surface area contributed by atoms with Crippen LogP contribution in [0, 0.1) is 11.9 Å². The lowest BCUT2D eigenvalue weighted by Crippen LogP contribution is -2.49. The van der Waals surface area contributed by atoms with Crippen LogP contribution in [0.2, 0.25) is 0 Å². The minimum Gasteiger partial charge on any atom is -0.272 e. The SMILES string of the molecule is O=C1N(N(c2ccccc2)c2ccccc2)c2ccccc2C1(Cc1ccnc(F)c1)Cc1ccnc(F)c1. The number of hydrazine groups is 1. The number of carbonyl (C=O) groups excluding carboxylic acids is 1. The molecule has 0 bridgehead atoms. The maximum atomic E-state index is 14.9. The van der Waals surface area contributed by atoms with Gasteiger partial charge in [-0.05, 0) is 84.1 Å². The smallest absolute Gasteiger partial charge is 0.257 e. The second kappa shape index (κ2) is 10.1. The molecule has 0 N–H and O–H groups in total. The van der Waals surface area contributed by atoms with Gasteiger partial charge in [0, 0.05) is 12.4 Å². The summed E-state index contributed by atoms with van der Waals surface area (Å²) in [6.07, 6.45) is 3.18. The molecule has 6 rings (SSSR count). The first-order valence-corrected chi connectivity index (χ1v) is 12.6. The highest BCUT2D eigenvalue weighted by molar-refractivity contribution is 6.11. The Hall–Kier alpha value is -4.91. The molecule has 0 radical (unpaired) electrons. The van der Waals surface area contributed by atoms with Crippen LogP contribution in [0.3, 0.4) is 0 Å². The van der Waals surface area contributed by atoms with Crippen molar-refractivity contribution in [2.24, 2.45) is 0 Å². The third-order valence-electron chi connectivity index (χ3n) is 7.04. The monoisotopic (exact) mass is 518 g/mol. The van der Waals surface area contributed by atoms with E-state index in [9.17, 15) is 13.6 Å². The number of hydrogen-bond acceptors (Lipinski definition) is 4. The zero-order valence-corrected chi connectivity index (χ0v) is 20.9. The van der Waals surface area contributed by atoms with Crippen LogP contribution in [-0.2, 0) is 23.1 Å². The number of anilines is 3. The lowest BCUT2D eigenvalue weighted by Gasteiger charge is -2.36. The molecule has 3 aromatic carbocycles. The molecule has 0 aliphatic carbocycles. The molecule has 0 saturated carbocycles. The third kappa shape index (κ3) is 4.52. The van der Waals surface area contributed by atoms with E-state index in [0.717, 1.165) is 16.9 Å². The number of aromatic nitrogens is 2. The Morgan fingerprint density at radius 3 is 1.67 bits per heavy atom. The van der Waals surface area contributed by atoms with E-state index in [2.05, 4.69) is 9.97 Å². The highest BCUT2D eigenvalue weighted by Gasteiger charge is 2.53. The Kier molecular flexibility index (Phi) is 6.32.